The van der Waals surface area contributed by atoms with E-state index in [0.29, 0.717) is 0 Å². The third-order valence-electron chi connectivity index (χ3n) is 8.05. The van der Waals surface area contributed by atoms with Gasteiger partial charge in [0, 0.05) is 0 Å². The van der Waals surface area contributed by atoms with Crippen LogP contribution in [0.5, 0.6) is 0 Å². The molecule has 6 nitrogen and oxygen atoms in total. The number of benzene rings is 1. The van der Waals surface area contributed by atoms with E-state index in [2.05, 4.69) is 124 Å². The molecule has 3 aromatic heterocycles. The molecule has 3 heterocycles. The van der Waals surface area contributed by atoms with Crippen molar-refractivity contribution in [1.29, 1.82) is 0 Å². The van der Waals surface area contributed by atoms with Crippen LogP contribution in [0.2, 0.25) is 0 Å². The lowest BCUT2D eigenvalue weighted by molar-refractivity contribution is 0.615. The Bertz CT molecular complexity index is 1340. The fourth-order valence-corrected chi connectivity index (χ4v) is 6.73. The molecule has 9 heteroatoms. The van der Waals surface area contributed by atoms with Gasteiger partial charge in [-0.2, -0.15) is 15.3 Å². The Morgan fingerprint density at radius 3 is 0.821 bits per heavy atom. The minimum atomic E-state index is 0.746. The molecule has 0 amide bonds. The summed E-state index contributed by atoms with van der Waals surface area (Å²) in [6.07, 6.45) is 2.87. The summed E-state index contributed by atoms with van der Waals surface area (Å²) in [5, 5.41) is 14.7. The predicted molar refractivity (Wildman–Crippen MR) is 170 cm³/mol. The van der Waals surface area contributed by atoms with Crippen LogP contribution in [0, 0.1) is 41.5 Å². The molecule has 0 aliphatic heterocycles. The standard InChI is InChI=1S/C30H39Br3N6/c1-10-22-25(13-37-19(7)28(31)16(4)34-37)23(11-2)27(15-39-21(9)30(33)18(6)36-39)24(12-3)26(22)14-38-20(8)29(32)17(5)35-38/h10-15H2,1-9H3. The second-order valence-electron chi connectivity index (χ2n) is 10.4. The largest absolute Gasteiger partial charge is 0.264 e. The third kappa shape index (κ3) is 5.47. The highest BCUT2D eigenvalue weighted by atomic mass is 79.9. The Hall–Kier alpha value is -1.71. The SMILES string of the molecule is CCc1c(Cn2nc(C)c(Br)c2C)c(CC)c(Cn2nc(C)c(Br)c2C)c(CC)c1Cn1nc(C)c(Br)c1C. The molecule has 0 fully saturated rings. The van der Waals surface area contributed by atoms with Gasteiger partial charge in [0.1, 0.15) is 0 Å². The second kappa shape index (κ2) is 12.0. The first-order chi connectivity index (χ1) is 18.4. The highest BCUT2D eigenvalue weighted by Gasteiger charge is 2.25. The molecule has 0 radical (unpaired) electrons. The zero-order valence-electron chi connectivity index (χ0n) is 24.6. The molecule has 210 valence electrons. The van der Waals surface area contributed by atoms with Crippen LogP contribution in [-0.2, 0) is 38.9 Å². The predicted octanol–water partition coefficient (Wildman–Crippen LogP) is 8.25. The second-order valence-corrected chi connectivity index (χ2v) is 12.7. The lowest BCUT2D eigenvalue weighted by Crippen LogP contribution is -2.20. The Kier molecular flexibility index (Phi) is 9.33. The monoisotopic (exact) mass is 720 g/mol. The van der Waals surface area contributed by atoms with Gasteiger partial charge in [-0.25, -0.2) is 0 Å². The minimum Gasteiger partial charge on any atom is -0.264 e. The first kappa shape index (κ1) is 30.3. The van der Waals surface area contributed by atoms with Crippen molar-refractivity contribution in [1.82, 2.24) is 29.3 Å². The molecular weight excluding hydrogens is 684 g/mol. The highest BCUT2D eigenvalue weighted by molar-refractivity contribution is 9.11. The number of aromatic nitrogens is 6. The van der Waals surface area contributed by atoms with Crippen LogP contribution in [-0.4, -0.2) is 29.3 Å². The van der Waals surface area contributed by atoms with Crippen LogP contribution in [0.25, 0.3) is 0 Å². The highest BCUT2D eigenvalue weighted by Crippen LogP contribution is 2.35. The molecule has 0 N–H and O–H groups in total. The summed E-state index contributed by atoms with van der Waals surface area (Å²) in [5.41, 5.74) is 15.0. The van der Waals surface area contributed by atoms with E-state index in [1.807, 2.05) is 0 Å². The Morgan fingerprint density at radius 2 is 0.667 bits per heavy atom. The molecule has 0 atom stereocenters. The summed E-state index contributed by atoms with van der Waals surface area (Å²) >= 11 is 11.2. The van der Waals surface area contributed by atoms with Crippen molar-refractivity contribution >= 4 is 47.8 Å². The van der Waals surface area contributed by atoms with Crippen LogP contribution in [0.1, 0.15) is 88.3 Å². The molecule has 0 saturated heterocycles. The van der Waals surface area contributed by atoms with Gasteiger partial charge in [0.15, 0.2) is 0 Å². The maximum atomic E-state index is 4.91. The first-order valence-corrected chi connectivity index (χ1v) is 16.1. The van der Waals surface area contributed by atoms with E-state index in [-0.39, 0.29) is 0 Å². The van der Waals surface area contributed by atoms with Crippen molar-refractivity contribution < 1.29 is 0 Å². The third-order valence-corrected chi connectivity index (χ3v) is 11.5. The van der Waals surface area contributed by atoms with Crippen molar-refractivity contribution in [3.05, 3.63) is 81.0 Å². The van der Waals surface area contributed by atoms with Crippen molar-refractivity contribution in [3.63, 3.8) is 0 Å². The van der Waals surface area contributed by atoms with Gasteiger partial charge in [-0.1, -0.05) is 20.8 Å². The average Bonchev–Trinajstić information content (AvgIpc) is 3.41. The molecule has 4 rings (SSSR count). The Labute approximate surface area is 258 Å². The van der Waals surface area contributed by atoms with E-state index >= 15 is 0 Å². The zero-order valence-corrected chi connectivity index (χ0v) is 29.3. The number of hydrogen-bond donors (Lipinski definition) is 0. The van der Waals surface area contributed by atoms with Crippen molar-refractivity contribution in [2.75, 3.05) is 0 Å². The summed E-state index contributed by atoms with van der Waals surface area (Å²) in [5.74, 6) is 0. The van der Waals surface area contributed by atoms with Crippen LogP contribution >= 0.6 is 47.8 Å². The van der Waals surface area contributed by atoms with Crippen LogP contribution in [0.15, 0.2) is 13.4 Å². The van der Waals surface area contributed by atoms with Crippen molar-refractivity contribution in [2.24, 2.45) is 0 Å². The van der Waals surface area contributed by atoms with E-state index in [4.69, 9.17) is 15.3 Å². The zero-order chi connectivity index (χ0) is 28.8. The van der Waals surface area contributed by atoms with E-state index in [1.54, 1.807) is 0 Å². The number of rotatable bonds is 9. The number of halogens is 3. The van der Waals surface area contributed by atoms with Gasteiger partial charge < -0.3 is 0 Å². The fourth-order valence-electron chi connectivity index (χ4n) is 5.88. The minimum absolute atomic E-state index is 0.746. The number of aryl methyl sites for hydroxylation is 3. The van der Waals surface area contributed by atoms with Crippen LogP contribution < -0.4 is 0 Å². The van der Waals surface area contributed by atoms with Crippen molar-refractivity contribution in [3.8, 4) is 0 Å². The summed E-state index contributed by atoms with van der Waals surface area (Å²) in [6, 6.07) is 0. The van der Waals surface area contributed by atoms with Gasteiger partial charge in [-0.3, -0.25) is 14.0 Å². The van der Waals surface area contributed by atoms with Crippen LogP contribution in [0.3, 0.4) is 0 Å². The topological polar surface area (TPSA) is 53.5 Å². The normalized spacial score (nSPS) is 11.7. The van der Waals surface area contributed by atoms with Crippen LogP contribution in [0.4, 0.5) is 0 Å². The first-order valence-electron chi connectivity index (χ1n) is 13.7. The quantitative estimate of drug-likeness (QED) is 0.175. The molecule has 39 heavy (non-hydrogen) atoms. The maximum Gasteiger partial charge on any atom is 0.0738 e. The summed E-state index contributed by atoms with van der Waals surface area (Å²) in [4.78, 5) is 0. The van der Waals surface area contributed by atoms with Gasteiger partial charge in [0.05, 0.1) is 67.2 Å². The molecule has 0 unspecified atom stereocenters. The molecule has 1 aromatic carbocycles. The van der Waals surface area contributed by atoms with Gasteiger partial charge in [0.25, 0.3) is 0 Å². The molecule has 0 spiro atoms. The van der Waals surface area contributed by atoms with Gasteiger partial charge in [-0.05, 0) is 142 Å². The van der Waals surface area contributed by atoms with Gasteiger partial charge in [0.2, 0.25) is 0 Å². The van der Waals surface area contributed by atoms with E-state index < -0.39 is 0 Å². The molecule has 0 bridgehead atoms. The van der Waals surface area contributed by atoms with Gasteiger partial charge >= 0.3 is 0 Å². The molecular formula is C30H39Br3N6. The van der Waals surface area contributed by atoms with Gasteiger partial charge in [-0.15, -0.1) is 0 Å². The summed E-state index contributed by atoms with van der Waals surface area (Å²) < 4.78 is 9.74. The lowest BCUT2D eigenvalue weighted by atomic mass is 9.83. The van der Waals surface area contributed by atoms with E-state index in [9.17, 15) is 0 Å². The number of hydrogen-bond acceptors (Lipinski definition) is 3. The smallest absolute Gasteiger partial charge is 0.0738 e. The summed E-state index contributed by atoms with van der Waals surface area (Å²) in [6.45, 7) is 21.7. The molecule has 4 aromatic rings. The van der Waals surface area contributed by atoms with Crippen molar-refractivity contribution in [2.45, 2.75) is 101 Å². The lowest BCUT2D eigenvalue weighted by Gasteiger charge is -2.27. The molecule has 0 aliphatic carbocycles. The Balaban J connectivity index is 2.02. The Morgan fingerprint density at radius 1 is 0.436 bits per heavy atom. The average molecular weight is 723 g/mol. The fraction of sp³-hybridized carbons (Fsp3) is 0.500. The molecule has 0 saturated carbocycles. The molecule has 0 aliphatic rings. The summed E-state index contributed by atoms with van der Waals surface area (Å²) in [7, 11) is 0. The van der Waals surface area contributed by atoms with E-state index in [1.165, 1.54) is 33.4 Å². The maximum absolute atomic E-state index is 4.91. The van der Waals surface area contributed by atoms with E-state index in [0.717, 1.165) is 86.5 Å². The number of nitrogens with zero attached hydrogens (tertiary/aromatic N) is 6.